The van der Waals surface area contributed by atoms with Crippen LogP contribution >= 0.6 is 0 Å². The Labute approximate surface area is 83.4 Å². The first-order valence-electron chi connectivity index (χ1n) is 4.29. The number of methoxy groups -OCH3 is 1. The molecule has 0 fully saturated rings. The maximum Gasteiger partial charge on any atom is 0.184 e. The normalized spacial score (nSPS) is 10.9. The van der Waals surface area contributed by atoms with E-state index in [0.29, 0.717) is 12.0 Å². The van der Waals surface area contributed by atoms with Crippen molar-refractivity contribution >= 4 is 18.0 Å². The average molecular weight is 191 g/mol. The van der Waals surface area contributed by atoms with E-state index in [1.54, 1.807) is 6.08 Å². The van der Waals surface area contributed by atoms with Crippen molar-refractivity contribution in [1.29, 1.82) is 0 Å². The molecule has 1 rings (SSSR count). The predicted molar refractivity (Wildman–Crippen MR) is 57.0 cm³/mol. The van der Waals surface area contributed by atoms with Crippen LogP contribution in [0, 0.1) is 0 Å². The van der Waals surface area contributed by atoms with Crippen molar-refractivity contribution in [2.24, 2.45) is 0 Å². The minimum absolute atomic E-state index is 0.321. The summed E-state index contributed by atoms with van der Waals surface area (Å²) in [7, 11) is 3.33. The van der Waals surface area contributed by atoms with Crippen LogP contribution in [0.3, 0.4) is 0 Å². The van der Waals surface area contributed by atoms with Gasteiger partial charge in [0.05, 0.1) is 7.11 Å². The molecule has 0 aliphatic carbocycles. The fourth-order valence-electron chi connectivity index (χ4n) is 1.05. The second-order valence-electron chi connectivity index (χ2n) is 2.74. The molecule has 0 aliphatic rings. The molecule has 1 N–H and O–H groups in total. The Bertz CT molecular complexity index is 328. The summed E-state index contributed by atoms with van der Waals surface area (Å²) in [5, 5.41) is 3.01. The minimum Gasteiger partial charge on any atom is -0.493 e. The van der Waals surface area contributed by atoms with Crippen LogP contribution in [-0.2, 0) is 9.53 Å². The second kappa shape index (κ2) is 5.07. The molecule has 0 amide bonds. The van der Waals surface area contributed by atoms with E-state index in [-0.39, 0.29) is 0 Å². The lowest BCUT2D eigenvalue weighted by Gasteiger charge is -2.00. The molecule has 0 saturated carbocycles. The van der Waals surface area contributed by atoms with Gasteiger partial charge in [-0.3, -0.25) is 4.79 Å². The van der Waals surface area contributed by atoms with E-state index in [1.165, 1.54) is 7.11 Å². The van der Waals surface area contributed by atoms with Crippen molar-refractivity contribution in [3.8, 4) is 0 Å². The van der Waals surface area contributed by atoms with E-state index >= 15 is 0 Å². The van der Waals surface area contributed by atoms with Gasteiger partial charge >= 0.3 is 0 Å². The van der Waals surface area contributed by atoms with Gasteiger partial charge in [-0.05, 0) is 23.8 Å². The van der Waals surface area contributed by atoms with Gasteiger partial charge in [0, 0.05) is 12.7 Å². The molecule has 0 radical (unpaired) electrons. The highest BCUT2D eigenvalue weighted by atomic mass is 16.5. The summed E-state index contributed by atoms with van der Waals surface area (Å²) in [6.45, 7) is 0. The quantitative estimate of drug-likeness (QED) is 0.449. The standard InChI is InChI=1S/C11H13NO2/c1-12-10-5-3-9(4-6-10)7-11(8-13)14-2/h3-8,12H,1-2H3/b11-7-. The lowest BCUT2D eigenvalue weighted by molar-refractivity contribution is -0.107. The molecular weight excluding hydrogens is 178 g/mol. The SMILES string of the molecule is CNc1ccc(/C=C(/C=O)OC)cc1. The predicted octanol–water partition coefficient (Wildman–Crippen LogP) is 1.91. The Morgan fingerprint density at radius 2 is 2.00 bits per heavy atom. The minimum atomic E-state index is 0.321. The summed E-state index contributed by atoms with van der Waals surface area (Å²) >= 11 is 0. The number of nitrogens with one attached hydrogen (secondary N) is 1. The molecule has 0 aliphatic heterocycles. The monoisotopic (exact) mass is 191 g/mol. The van der Waals surface area contributed by atoms with Crippen LogP contribution in [-0.4, -0.2) is 20.4 Å². The van der Waals surface area contributed by atoms with Gasteiger partial charge in [0.1, 0.15) is 0 Å². The number of carbonyl (C=O) groups is 1. The van der Waals surface area contributed by atoms with Gasteiger partial charge in [-0.1, -0.05) is 12.1 Å². The number of rotatable bonds is 4. The summed E-state index contributed by atoms with van der Waals surface area (Å²) in [5.74, 6) is 0.321. The molecule has 0 aromatic heterocycles. The number of hydrogen-bond donors (Lipinski definition) is 1. The van der Waals surface area contributed by atoms with Crippen LogP contribution in [0.15, 0.2) is 30.0 Å². The largest absolute Gasteiger partial charge is 0.493 e. The van der Waals surface area contributed by atoms with E-state index in [1.807, 2.05) is 31.3 Å². The Hall–Kier alpha value is -1.77. The van der Waals surface area contributed by atoms with Gasteiger partial charge in [0.25, 0.3) is 0 Å². The zero-order valence-corrected chi connectivity index (χ0v) is 8.28. The van der Waals surface area contributed by atoms with E-state index in [9.17, 15) is 4.79 Å². The molecule has 3 nitrogen and oxygen atoms in total. The summed E-state index contributed by atoms with van der Waals surface area (Å²) in [4.78, 5) is 10.5. The Kier molecular flexibility index (Phi) is 3.73. The molecule has 0 spiro atoms. The van der Waals surface area contributed by atoms with Crippen LogP contribution in [0.1, 0.15) is 5.56 Å². The van der Waals surface area contributed by atoms with Gasteiger partial charge in [-0.15, -0.1) is 0 Å². The van der Waals surface area contributed by atoms with Crippen LogP contribution in [0.4, 0.5) is 5.69 Å². The number of allylic oxidation sites excluding steroid dienone is 1. The number of benzene rings is 1. The molecule has 0 heterocycles. The molecule has 1 aromatic rings. The molecule has 1 aromatic carbocycles. The van der Waals surface area contributed by atoms with E-state index < -0.39 is 0 Å². The molecule has 3 heteroatoms. The summed E-state index contributed by atoms with van der Waals surface area (Å²) in [5.41, 5.74) is 1.97. The van der Waals surface area contributed by atoms with Crippen molar-refractivity contribution in [3.05, 3.63) is 35.6 Å². The highest BCUT2D eigenvalue weighted by molar-refractivity contribution is 5.79. The van der Waals surface area contributed by atoms with Gasteiger partial charge in [0.2, 0.25) is 0 Å². The highest BCUT2D eigenvalue weighted by Crippen LogP contribution is 2.11. The van der Waals surface area contributed by atoms with Crippen molar-refractivity contribution < 1.29 is 9.53 Å². The summed E-state index contributed by atoms with van der Waals surface area (Å²) < 4.78 is 4.84. The van der Waals surface area contributed by atoms with Crippen LogP contribution in [0.2, 0.25) is 0 Å². The number of carbonyl (C=O) groups excluding carboxylic acids is 1. The Morgan fingerprint density at radius 1 is 1.36 bits per heavy atom. The fraction of sp³-hybridized carbons (Fsp3) is 0.182. The number of hydrogen-bond acceptors (Lipinski definition) is 3. The molecule has 0 atom stereocenters. The number of ether oxygens (including phenoxy) is 1. The smallest absolute Gasteiger partial charge is 0.184 e. The summed E-state index contributed by atoms with van der Waals surface area (Å²) in [6, 6.07) is 7.69. The lowest BCUT2D eigenvalue weighted by Crippen LogP contribution is -1.89. The van der Waals surface area contributed by atoms with Crippen molar-refractivity contribution in [3.63, 3.8) is 0 Å². The van der Waals surface area contributed by atoms with Crippen LogP contribution < -0.4 is 5.32 Å². The average Bonchev–Trinajstić information content (AvgIpc) is 2.26. The second-order valence-corrected chi connectivity index (χ2v) is 2.74. The van der Waals surface area contributed by atoms with E-state index in [4.69, 9.17) is 4.74 Å². The Morgan fingerprint density at radius 3 is 2.43 bits per heavy atom. The maximum atomic E-state index is 10.5. The van der Waals surface area contributed by atoms with E-state index in [2.05, 4.69) is 5.32 Å². The molecular formula is C11H13NO2. The maximum absolute atomic E-state index is 10.5. The topological polar surface area (TPSA) is 38.3 Å². The van der Waals surface area contributed by atoms with E-state index in [0.717, 1.165) is 11.3 Å². The molecule has 14 heavy (non-hydrogen) atoms. The van der Waals surface area contributed by atoms with Gasteiger partial charge in [-0.25, -0.2) is 0 Å². The summed E-state index contributed by atoms with van der Waals surface area (Å²) in [6.07, 6.45) is 2.37. The van der Waals surface area contributed by atoms with Crippen molar-refractivity contribution in [1.82, 2.24) is 0 Å². The molecule has 0 bridgehead atoms. The zero-order valence-electron chi connectivity index (χ0n) is 8.28. The van der Waals surface area contributed by atoms with Gasteiger partial charge < -0.3 is 10.1 Å². The number of aldehydes is 1. The first kappa shape index (κ1) is 10.3. The Balaban J connectivity index is 2.86. The van der Waals surface area contributed by atoms with Crippen LogP contribution in [0.25, 0.3) is 6.08 Å². The van der Waals surface area contributed by atoms with Crippen LogP contribution in [0.5, 0.6) is 0 Å². The van der Waals surface area contributed by atoms with Crippen molar-refractivity contribution in [2.75, 3.05) is 19.5 Å². The zero-order chi connectivity index (χ0) is 10.4. The fourth-order valence-corrected chi connectivity index (χ4v) is 1.05. The third-order valence-corrected chi connectivity index (χ3v) is 1.86. The van der Waals surface area contributed by atoms with Gasteiger partial charge in [0.15, 0.2) is 12.0 Å². The third-order valence-electron chi connectivity index (χ3n) is 1.86. The third kappa shape index (κ3) is 2.62. The number of anilines is 1. The first-order chi connectivity index (χ1) is 6.80. The highest BCUT2D eigenvalue weighted by Gasteiger charge is 1.94. The van der Waals surface area contributed by atoms with Crippen molar-refractivity contribution in [2.45, 2.75) is 0 Å². The first-order valence-corrected chi connectivity index (χ1v) is 4.29. The molecule has 74 valence electrons. The molecule has 0 unspecified atom stereocenters. The van der Waals surface area contributed by atoms with Gasteiger partial charge in [-0.2, -0.15) is 0 Å². The lowest BCUT2D eigenvalue weighted by atomic mass is 10.2. The molecule has 0 saturated heterocycles.